The van der Waals surface area contributed by atoms with E-state index in [2.05, 4.69) is 15.5 Å². The Labute approximate surface area is 130 Å². The van der Waals surface area contributed by atoms with E-state index in [0.29, 0.717) is 0 Å². The van der Waals surface area contributed by atoms with E-state index in [9.17, 15) is 13.2 Å². The standard InChI is InChI=1S/C11H8Cl2N4O3S/c12-7-2-1-6(21(14,19)20)5-9(7)15-11(18)8-3-4-10(13)17-16-8/h1-5H,(H,15,18)(H2,14,19,20). The van der Waals surface area contributed by atoms with Crippen molar-refractivity contribution in [1.29, 1.82) is 0 Å². The smallest absolute Gasteiger partial charge is 0.276 e. The number of nitrogens with zero attached hydrogens (tertiary/aromatic N) is 2. The van der Waals surface area contributed by atoms with Gasteiger partial charge in [-0.1, -0.05) is 23.2 Å². The minimum Gasteiger partial charge on any atom is -0.319 e. The number of anilines is 1. The van der Waals surface area contributed by atoms with E-state index in [1.54, 1.807) is 0 Å². The first-order chi connectivity index (χ1) is 9.77. The van der Waals surface area contributed by atoms with Gasteiger partial charge in [0, 0.05) is 0 Å². The Morgan fingerprint density at radius 3 is 2.43 bits per heavy atom. The van der Waals surface area contributed by atoms with Crippen LogP contribution in [0, 0.1) is 0 Å². The highest BCUT2D eigenvalue weighted by atomic mass is 35.5. The molecule has 0 unspecified atom stereocenters. The van der Waals surface area contributed by atoms with Crippen LogP contribution in [0.4, 0.5) is 5.69 Å². The SMILES string of the molecule is NS(=O)(=O)c1ccc(Cl)c(NC(=O)c2ccc(Cl)nn2)c1. The summed E-state index contributed by atoms with van der Waals surface area (Å²) < 4.78 is 22.5. The van der Waals surface area contributed by atoms with Gasteiger partial charge in [0.25, 0.3) is 5.91 Å². The average molecular weight is 347 g/mol. The number of rotatable bonds is 3. The summed E-state index contributed by atoms with van der Waals surface area (Å²) in [7, 11) is -3.90. The van der Waals surface area contributed by atoms with Gasteiger partial charge in [-0.3, -0.25) is 4.79 Å². The molecule has 21 heavy (non-hydrogen) atoms. The molecule has 0 aliphatic carbocycles. The zero-order valence-electron chi connectivity index (χ0n) is 10.2. The minimum absolute atomic E-state index is 0.00326. The molecule has 2 aromatic rings. The monoisotopic (exact) mass is 346 g/mol. The Hall–Kier alpha value is -1.74. The van der Waals surface area contributed by atoms with Crippen molar-refractivity contribution in [2.45, 2.75) is 4.90 Å². The molecule has 0 aliphatic rings. The molecule has 110 valence electrons. The summed E-state index contributed by atoms with van der Waals surface area (Å²) in [5.41, 5.74) is 0.0846. The molecule has 1 amide bonds. The molecule has 0 fully saturated rings. The van der Waals surface area contributed by atoms with Gasteiger partial charge < -0.3 is 5.32 Å². The first kappa shape index (κ1) is 15.6. The highest BCUT2D eigenvalue weighted by Crippen LogP contribution is 2.25. The maximum absolute atomic E-state index is 11.9. The lowest BCUT2D eigenvalue weighted by molar-refractivity contribution is 0.102. The number of carbonyl (C=O) groups is 1. The van der Waals surface area contributed by atoms with E-state index in [-0.39, 0.29) is 26.5 Å². The zero-order chi connectivity index (χ0) is 15.6. The van der Waals surface area contributed by atoms with Crippen molar-refractivity contribution in [3.05, 3.63) is 46.2 Å². The fourth-order valence-corrected chi connectivity index (χ4v) is 2.21. The van der Waals surface area contributed by atoms with E-state index >= 15 is 0 Å². The second-order valence-electron chi connectivity index (χ2n) is 3.88. The number of hydrogen-bond donors (Lipinski definition) is 2. The zero-order valence-corrected chi connectivity index (χ0v) is 12.6. The van der Waals surface area contributed by atoms with E-state index in [1.165, 1.54) is 24.3 Å². The third-order valence-electron chi connectivity index (χ3n) is 2.38. The second-order valence-corrected chi connectivity index (χ2v) is 6.24. The molecule has 0 bridgehead atoms. The van der Waals surface area contributed by atoms with Crippen molar-refractivity contribution in [1.82, 2.24) is 10.2 Å². The summed E-state index contributed by atoms with van der Waals surface area (Å²) in [4.78, 5) is 11.8. The fraction of sp³-hybridized carbons (Fsp3) is 0. The van der Waals surface area contributed by atoms with E-state index in [1.807, 2.05) is 0 Å². The fourth-order valence-electron chi connectivity index (χ4n) is 1.40. The molecule has 0 radical (unpaired) electrons. The Balaban J connectivity index is 2.31. The Kier molecular flexibility index (Phi) is 4.43. The first-order valence-corrected chi connectivity index (χ1v) is 7.70. The van der Waals surface area contributed by atoms with E-state index in [0.717, 1.165) is 6.07 Å². The third-order valence-corrected chi connectivity index (χ3v) is 3.82. The summed E-state index contributed by atoms with van der Waals surface area (Å²) in [6.45, 7) is 0. The van der Waals surface area contributed by atoms with Crippen LogP contribution >= 0.6 is 23.2 Å². The number of primary sulfonamides is 1. The highest BCUT2D eigenvalue weighted by Gasteiger charge is 2.14. The van der Waals surface area contributed by atoms with Gasteiger partial charge in [0.15, 0.2) is 10.8 Å². The van der Waals surface area contributed by atoms with Gasteiger partial charge in [0.2, 0.25) is 10.0 Å². The largest absolute Gasteiger partial charge is 0.319 e. The first-order valence-electron chi connectivity index (χ1n) is 5.40. The molecule has 0 spiro atoms. The van der Waals surface area contributed by atoms with Gasteiger partial charge in [-0.15, -0.1) is 10.2 Å². The van der Waals surface area contributed by atoms with Crippen LogP contribution in [0.5, 0.6) is 0 Å². The molecule has 1 aromatic carbocycles. The van der Waals surface area contributed by atoms with Crippen LogP contribution in [0.1, 0.15) is 10.5 Å². The lowest BCUT2D eigenvalue weighted by Gasteiger charge is -2.08. The molecular weight excluding hydrogens is 339 g/mol. The molecular formula is C11H8Cl2N4O3S. The molecule has 3 N–H and O–H groups in total. The number of carbonyl (C=O) groups excluding carboxylic acids is 1. The number of halogens is 2. The average Bonchev–Trinajstić information content (AvgIpc) is 2.40. The number of amides is 1. The number of nitrogens with one attached hydrogen (secondary N) is 1. The molecule has 2 rings (SSSR count). The molecule has 10 heteroatoms. The van der Waals surface area contributed by atoms with Crippen molar-refractivity contribution in [2.24, 2.45) is 5.14 Å². The molecule has 1 heterocycles. The van der Waals surface area contributed by atoms with Crippen LogP contribution in [-0.4, -0.2) is 24.5 Å². The summed E-state index contributed by atoms with van der Waals surface area (Å²) in [6, 6.07) is 6.45. The number of nitrogens with two attached hydrogens (primary N) is 1. The number of benzene rings is 1. The normalized spacial score (nSPS) is 11.2. The number of aromatic nitrogens is 2. The van der Waals surface area contributed by atoms with Crippen LogP contribution < -0.4 is 10.5 Å². The Morgan fingerprint density at radius 2 is 1.86 bits per heavy atom. The summed E-state index contributed by atoms with van der Waals surface area (Å²) in [5, 5.41) is 14.8. The number of sulfonamides is 1. The predicted octanol–water partition coefficient (Wildman–Crippen LogP) is 1.68. The summed E-state index contributed by atoms with van der Waals surface area (Å²) in [6.07, 6.45) is 0. The molecule has 0 saturated heterocycles. The molecule has 1 aromatic heterocycles. The van der Waals surface area contributed by atoms with Crippen molar-refractivity contribution in [3.8, 4) is 0 Å². The maximum atomic E-state index is 11.9. The quantitative estimate of drug-likeness (QED) is 0.877. The van der Waals surface area contributed by atoms with E-state index in [4.69, 9.17) is 28.3 Å². The van der Waals surface area contributed by atoms with Gasteiger partial charge in [-0.2, -0.15) is 0 Å². The second kappa shape index (κ2) is 5.94. The van der Waals surface area contributed by atoms with Crippen LogP contribution in [0.25, 0.3) is 0 Å². The van der Waals surface area contributed by atoms with Crippen LogP contribution in [0.2, 0.25) is 10.2 Å². The molecule has 0 atom stereocenters. The van der Waals surface area contributed by atoms with Gasteiger partial charge in [-0.05, 0) is 30.3 Å². The number of hydrogen-bond acceptors (Lipinski definition) is 5. The molecule has 7 nitrogen and oxygen atoms in total. The summed E-state index contributed by atoms with van der Waals surface area (Å²) in [5.74, 6) is -0.618. The van der Waals surface area contributed by atoms with Crippen LogP contribution in [0.3, 0.4) is 0 Å². The van der Waals surface area contributed by atoms with Crippen molar-refractivity contribution in [2.75, 3.05) is 5.32 Å². The van der Waals surface area contributed by atoms with E-state index < -0.39 is 15.9 Å². The van der Waals surface area contributed by atoms with Crippen LogP contribution in [0.15, 0.2) is 35.2 Å². The van der Waals surface area contributed by atoms with Gasteiger partial charge in [0.1, 0.15) is 0 Å². The Bertz CT molecular complexity index is 794. The Morgan fingerprint density at radius 1 is 1.14 bits per heavy atom. The van der Waals surface area contributed by atoms with Crippen molar-refractivity contribution >= 4 is 44.8 Å². The van der Waals surface area contributed by atoms with Gasteiger partial charge in [0.05, 0.1) is 15.6 Å². The predicted molar refractivity (Wildman–Crippen MR) is 77.8 cm³/mol. The van der Waals surface area contributed by atoms with Crippen molar-refractivity contribution in [3.63, 3.8) is 0 Å². The van der Waals surface area contributed by atoms with Gasteiger partial charge >= 0.3 is 0 Å². The third kappa shape index (κ3) is 3.88. The lowest BCUT2D eigenvalue weighted by atomic mass is 10.3. The highest BCUT2D eigenvalue weighted by molar-refractivity contribution is 7.89. The topological polar surface area (TPSA) is 115 Å². The lowest BCUT2D eigenvalue weighted by Crippen LogP contribution is -2.16. The summed E-state index contributed by atoms with van der Waals surface area (Å²) >= 11 is 11.5. The van der Waals surface area contributed by atoms with Gasteiger partial charge in [-0.25, -0.2) is 13.6 Å². The molecule has 0 saturated carbocycles. The maximum Gasteiger partial charge on any atom is 0.276 e. The molecule has 0 aliphatic heterocycles. The minimum atomic E-state index is -3.90. The van der Waals surface area contributed by atoms with Crippen molar-refractivity contribution < 1.29 is 13.2 Å². The van der Waals surface area contributed by atoms with Crippen LogP contribution in [-0.2, 0) is 10.0 Å².